The van der Waals surface area contributed by atoms with Gasteiger partial charge in [0.1, 0.15) is 6.04 Å². The molecule has 1 aromatic carbocycles. The fourth-order valence-electron chi connectivity index (χ4n) is 2.10. The van der Waals surface area contributed by atoms with Crippen molar-refractivity contribution >= 4 is 11.9 Å². The summed E-state index contributed by atoms with van der Waals surface area (Å²) in [6, 6.07) is 7.79. The van der Waals surface area contributed by atoms with Crippen LogP contribution >= 0.6 is 0 Å². The highest BCUT2D eigenvalue weighted by Crippen LogP contribution is 2.21. The zero-order chi connectivity index (χ0) is 13.0. The van der Waals surface area contributed by atoms with E-state index in [2.05, 4.69) is 5.32 Å². The van der Waals surface area contributed by atoms with E-state index >= 15 is 0 Å². The predicted octanol–water partition coefficient (Wildman–Crippen LogP) is 1.84. The fourth-order valence-corrected chi connectivity index (χ4v) is 2.10. The number of rotatable bonds is 4. The van der Waals surface area contributed by atoms with Gasteiger partial charge in [0.2, 0.25) is 0 Å². The minimum Gasteiger partial charge on any atom is -0.480 e. The molecule has 1 aliphatic carbocycles. The Bertz CT molecular complexity index is 467. The summed E-state index contributed by atoms with van der Waals surface area (Å²) < 4.78 is 0. The minimum absolute atomic E-state index is 0.116. The second kappa shape index (κ2) is 5.49. The first kappa shape index (κ1) is 12.4. The van der Waals surface area contributed by atoms with Gasteiger partial charge in [-0.05, 0) is 25.0 Å². The number of nitrogens with one attached hydrogen (secondary N) is 1. The summed E-state index contributed by atoms with van der Waals surface area (Å²) in [7, 11) is 0. The standard InChI is InChI=1S/C14H15NO3/c16-13(11-8-2-1-3-9-11)15-12(14(17)18)10-6-4-5-7-10/h1-4,6,8-10,12H,5,7H2,(H,15,16)(H,17,18). The molecule has 0 bridgehead atoms. The first-order chi connectivity index (χ1) is 8.68. The Balaban J connectivity index is 2.07. The van der Waals surface area contributed by atoms with Gasteiger partial charge in [0, 0.05) is 11.5 Å². The average molecular weight is 245 g/mol. The quantitative estimate of drug-likeness (QED) is 0.795. The molecule has 2 atom stereocenters. The number of aliphatic carboxylic acids is 1. The molecule has 0 spiro atoms. The summed E-state index contributed by atoms with van der Waals surface area (Å²) in [4.78, 5) is 23.1. The zero-order valence-electron chi connectivity index (χ0n) is 9.87. The van der Waals surface area contributed by atoms with Gasteiger partial charge in [-0.1, -0.05) is 30.4 Å². The third-order valence-electron chi connectivity index (χ3n) is 3.07. The maximum absolute atomic E-state index is 11.9. The molecule has 2 N–H and O–H groups in total. The van der Waals surface area contributed by atoms with Gasteiger partial charge in [0.25, 0.3) is 5.91 Å². The number of hydrogen-bond acceptors (Lipinski definition) is 2. The van der Waals surface area contributed by atoms with Gasteiger partial charge in [0.05, 0.1) is 0 Å². The highest BCUT2D eigenvalue weighted by atomic mass is 16.4. The molecule has 94 valence electrons. The average Bonchev–Trinajstić information content (AvgIpc) is 2.90. The van der Waals surface area contributed by atoms with E-state index in [1.807, 2.05) is 18.2 Å². The monoisotopic (exact) mass is 245 g/mol. The van der Waals surface area contributed by atoms with Gasteiger partial charge in [-0.2, -0.15) is 0 Å². The second-order valence-corrected chi connectivity index (χ2v) is 4.32. The van der Waals surface area contributed by atoms with Crippen LogP contribution in [-0.4, -0.2) is 23.0 Å². The Morgan fingerprint density at radius 1 is 1.28 bits per heavy atom. The molecular formula is C14H15NO3. The summed E-state index contributed by atoms with van der Waals surface area (Å²) in [5.41, 5.74) is 0.478. The molecule has 2 unspecified atom stereocenters. The van der Waals surface area contributed by atoms with Gasteiger partial charge >= 0.3 is 5.97 Å². The first-order valence-corrected chi connectivity index (χ1v) is 5.94. The van der Waals surface area contributed by atoms with Crippen molar-refractivity contribution in [3.05, 3.63) is 48.0 Å². The molecule has 0 saturated heterocycles. The molecular weight excluding hydrogens is 230 g/mol. The van der Waals surface area contributed by atoms with Crippen LogP contribution in [0.5, 0.6) is 0 Å². The maximum atomic E-state index is 11.9. The normalized spacial score (nSPS) is 19.4. The van der Waals surface area contributed by atoms with Crippen LogP contribution in [0.15, 0.2) is 42.5 Å². The molecule has 0 saturated carbocycles. The van der Waals surface area contributed by atoms with Gasteiger partial charge in [0.15, 0.2) is 0 Å². The van der Waals surface area contributed by atoms with Crippen LogP contribution < -0.4 is 5.32 Å². The van der Waals surface area contributed by atoms with Crippen molar-refractivity contribution in [1.29, 1.82) is 0 Å². The van der Waals surface area contributed by atoms with Crippen molar-refractivity contribution in [1.82, 2.24) is 5.32 Å². The highest BCUT2D eigenvalue weighted by Gasteiger charge is 2.29. The van der Waals surface area contributed by atoms with Crippen molar-refractivity contribution < 1.29 is 14.7 Å². The Morgan fingerprint density at radius 3 is 2.56 bits per heavy atom. The predicted molar refractivity (Wildman–Crippen MR) is 67.2 cm³/mol. The fraction of sp³-hybridized carbons (Fsp3) is 0.286. The molecule has 4 heteroatoms. The van der Waals surface area contributed by atoms with E-state index in [9.17, 15) is 14.7 Å². The highest BCUT2D eigenvalue weighted by molar-refractivity contribution is 5.96. The lowest BCUT2D eigenvalue weighted by Gasteiger charge is -2.19. The number of carbonyl (C=O) groups excluding carboxylic acids is 1. The van der Waals surface area contributed by atoms with Crippen LogP contribution in [0.1, 0.15) is 23.2 Å². The molecule has 0 radical (unpaired) electrons. The van der Waals surface area contributed by atoms with Gasteiger partial charge in [-0.3, -0.25) is 4.79 Å². The van der Waals surface area contributed by atoms with E-state index in [0.29, 0.717) is 5.56 Å². The number of carboxylic acids is 1. The number of carbonyl (C=O) groups is 2. The Labute approximate surface area is 105 Å². The molecule has 1 aliphatic rings. The Morgan fingerprint density at radius 2 is 2.00 bits per heavy atom. The van der Waals surface area contributed by atoms with Crippen molar-refractivity contribution in [2.75, 3.05) is 0 Å². The summed E-state index contributed by atoms with van der Waals surface area (Å²) in [6.45, 7) is 0. The molecule has 1 amide bonds. The van der Waals surface area contributed by atoms with Crippen molar-refractivity contribution in [2.45, 2.75) is 18.9 Å². The Kier molecular flexibility index (Phi) is 3.77. The van der Waals surface area contributed by atoms with Crippen LogP contribution in [0.4, 0.5) is 0 Å². The summed E-state index contributed by atoms with van der Waals surface area (Å²) in [5, 5.41) is 11.8. The SMILES string of the molecule is O=C(NC(C(=O)O)C1C=CCC1)c1ccccc1. The molecule has 2 rings (SSSR count). The lowest BCUT2D eigenvalue weighted by atomic mass is 9.99. The molecule has 0 fully saturated rings. The molecule has 0 aromatic heterocycles. The lowest BCUT2D eigenvalue weighted by molar-refractivity contribution is -0.140. The molecule has 0 heterocycles. The van der Waals surface area contributed by atoms with Crippen molar-refractivity contribution in [3.8, 4) is 0 Å². The second-order valence-electron chi connectivity index (χ2n) is 4.32. The van der Waals surface area contributed by atoms with Crippen LogP contribution in [0.2, 0.25) is 0 Å². The third kappa shape index (κ3) is 2.77. The van der Waals surface area contributed by atoms with Crippen LogP contribution in [0.3, 0.4) is 0 Å². The largest absolute Gasteiger partial charge is 0.480 e. The lowest BCUT2D eigenvalue weighted by Crippen LogP contribution is -2.45. The molecule has 18 heavy (non-hydrogen) atoms. The van der Waals surface area contributed by atoms with Gasteiger partial charge < -0.3 is 10.4 Å². The number of allylic oxidation sites excluding steroid dienone is 1. The summed E-state index contributed by atoms with van der Waals surface area (Å²) >= 11 is 0. The van der Waals surface area contributed by atoms with E-state index in [1.165, 1.54) is 0 Å². The Hall–Kier alpha value is -2.10. The van der Waals surface area contributed by atoms with E-state index in [-0.39, 0.29) is 11.8 Å². The molecule has 1 aromatic rings. The maximum Gasteiger partial charge on any atom is 0.326 e. The van der Waals surface area contributed by atoms with Crippen LogP contribution in [0.25, 0.3) is 0 Å². The van der Waals surface area contributed by atoms with Gasteiger partial charge in [-0.15, -0.1) is 0 Å². The molecule has 0 aliphatic heterocycles. The first-order valence-electron chi connectivity index (χ1n) is 5.94. The van der Waals surface area contributed by atoms with E-state index in [4.69, 9.17) is 0 Å². The number of benzene rings is 1. The molecule has 4 nitrogen and oxygen atoms in total. The number of hydrogen-bond donors (Lipinski definition) is 2. The zero-order valence-corrected chi connectivity index (χ0v) is 9.87. The van der Waals surface area contributed by atoms with E-state index in [0.717, 1.165) is 12.8 Å². The van der Waals surface area contributed by atoms with Gasteiger partial charge in [-0.25, -0.2) is 4.79 Å². The summed E-state index contributed by atoms with van der Waals surface area (Å²) in [6.07, 6.45) is 5.46. The minimum atomic E-state index is -0.990. The third-order valence-corrected chi connectivity index (χ3v) is 3.07. The van der Waals surface area contributed by atoms with Crippen molar-refractivity contribution in [3.63, 3.8) is 0 Å². The topological polar surface area (TPSA) is 66.4 Å². The van der Waals surface area contributed by atoms with Crippen LogP contribution in [0, 0.1) is 5.92 Å². The smallest absolute Gasteiger partial charge is 0.326 e. The van der Waals surface area contributed by atoms with E-state index < -0.39 is 12.0 Å². The number of carboxylic acid groups (broad SMARTS) is 1. The van der Waals surface area contributed by atoms with E-state index in [1.54, 1.807) is 24.3 Å². The number of amides is 1. The van der Waals surface area contributed by atoms with Crippen molar-refractivity contribution in [2.24, 2.45) is 5.92 Å². The van der Waals surface area contributed by atoms with Crippen LogP contribution in [-0.2, 0) is 4.79 Å². The summed E-state index contributed by atoms with van der Waals surface area (Å²) in [5.74, 6) is -1.45.